The molecule has 4 nitrogen and oxygen atoms in total. The highest BCUT2D eigenvalue weighted by molar-refractivity contribution is 5.78. The standard InChI is InChI=1S/C21H26N2O2/c1-16-7-9-19(10-8-16)25-15-20(24)22-11-13-23(14-12-22)21-17(2)5-4-6-18(21)3/h4-10H,11-15H2,1-3H3. The second-order valence-corrected chi connectivity index (χ2v) is 6.71. The number of hydrogen-bond donors (Lipinski definition) is 0. The number of aryl methyl sites for hydroxylation is 3. The van der Waals surface area contributed by atoms with Crippen LogP contribution in [0.1, 0.15) is 16.7 Å². The van der Waals surface area contributed by atoms with Crippen molar-refractivity contribution in [3.63, 3.8) is 0 Å². The average molecular weight is 338 g/mol. The molecule has 0 bridgehead atoms. The summed E-state index contributed by atoms with van der Waals surface area (Å²) in [6.45, 7) is 9.64. The Balaban J connectivity index is 1.53. The lowest BCUT2D eigenvalue weighted by Crippen LogP contribution is -2.50. The first kappa shape index (κ1) is 17.3. The molecule has 2 aromatic rings. The van der Waals surface area contributed by atoms with Gasteiger partial charge in [0.25, 0.3) is 5.91 Å². The highest BCUT2D eigenvalue weighted by Crippen LogP contribution is 2.25. The Hall–Kier alpha value is -2.49. The Morgan fingerprint density at radius 3 is 2.12 bits per heavy atom. The van der Waals surface area contributed by atoms with Crippen molar-refractivity contribution in [1.82, 2.24) is 4.90 Å². The van der Waals surface area contributed by atoms with E-state index in [4.69, 9.17) is 4.74 Å². The molecule has 0 saturated carbocycles. The number of carbonyl (C=O) groups excluding carboxylic acids is 1. The van der Waals surface area contributed by atoms with E-state index in [1.807, 2.05) is 36.1 Å². The number of benzene rings is 2. The molecule has 1 heterocycles. The van der Waals surface area contributed by atoms with Gasteiger partial charge in [0, 0.05) is 31.9 Å². The van der Waals surface area contributed by atoms with Crippen LogP contribution in [0.2, 0.25) is 0 Å². The maximum absolute atomic E-state index is 12.4. The van der Waals surface area contributed by atoms with Crippen LogP contribution in [0.25, 0.3) is 0 Å². The Labute approximate surface area is 150 Å². The van der Waals surface area contributed by atoms with Crippen molar-refractivity contribution in [3.05, 3.63) is 59.2 Å². The zero-order valence-corrected chi connectivity index (χ0v) is 15.3. The Kier molecular flexibility index (Phi) is 5.27. The van der Waals surface area contributed by atoms with Gasteiger partial charge in [0.2, 0.25) is 0 Å². The number of ether oxygens (including phenoxy) is 1. The van der Waals surface area contributed by atoms with E-state index in [2.05, 4.69) is 36.9 Å². The molecule has 0 aliphatic carbocycles. The van der Waals surface area contributed by atoms with Gasteiger partial charge in [-0.15, -0.1) is 0 Å². The van der Waals surface area contributed by atoms with E-state index < -0.39 is 0 Å². The van der Waals surface area contributed by atoms with Gasteiger partial charge in [-0.05, 0) is 44.0 Å². The van der Waals surface area contributed by atoms with Crippen molar-refractivity contribution in [2.24, 2.45) is 0 Å². The van der Waals surface area contributed by atoms with Gasteiger partial charge in [-0.1, -0.05) is 35.9 Å². The maximum Gasteiger partial charge on any atom is 0.260 e. The largest absolute Gasteiger partial charge is 0.484 e. The minimum atomic E-state index is 0.0572. The first-order chi connectivity index (χ1) is 12.0. The summed E-state index contributed by atoms with van der Waals surface area (Å²) in [6.07, 6.45) is 0. The van der Waals surface area contributed by atoms with Gasteiger partial charge in [0.15, 0.2) is 6.61 Å². The van der Waals surface area contributed by atoms with Crippen LogP contribution in [0.5, 0.6) is 5.75 Å². The summed E-state index contributed by atoms with van der Waals surface area (Å²) in [4.78, 5) is 16.7. The fourth-order valence-corrected chi connectivity index (χ4v) is 3.35. The molecule has 1 fully saturated rings. The SMILES string of the molecule is Cc1ccc(OCC(=O)N2CCN(c3c(C)cccc3C)CC2)cc1. The zero-order valence-electron chi connectivity index (χ0n) is 15.3. The van der Waals surface area contributed by atoms with Crippen LogP contribution in [0, 0.1) is 20.8 Å². The number of piperazine rings is 1. The Morgan fingerprint density at radius 2 is 1.52 bits per heavy atom. The predicted molar refractivity (Wildman–Crippen MR) is 101 cm³/mol. The number of carbonyl (C=O) groups is 1. The van der Waals surface area contributed by atoms with E-state index >= 15 is 0 Å². The van der Waals surface area contributed by atoms with Crippen LogP contribution in [0.3, 0.4) is 0 Å². The van der Waals surface area contributed by atoms with Gasteiger partial charge in [0.1, 0.15) is 5.75 Å². The van der Waals surface area contributed by atoms with Gasteiger partial charge in [-0.2, -0.15) is 0 Å². The van der Waals surface area contributed by atoms with Crippen LogP contribution in [0.4, 0.5) is 5.69 Å². The van der Waals surface area contributed by atoms with E-state index in [1.54, 1.807) is 0 Å². The normalized spacial score (nSPS) is 14.5. The van der Waals surface area contributed by atoms with Gasteiger partial charge in [-0.25, -0.2) is 0 Å². The Morgan fingerprint density at radius 1 is 0.920 bits per heavy atom. The third kappa shape index (κ3) is 4.13. The number of anilines is 1. The molecular formula is C21H26N2O2. The highest BCUT2D eigenvalue weighted by atomic mass is 16.5. The van der Waals surface area contributed by atoms with Crippen molar-refractivity contribution in [2.45, 2.75) is 20.8 Å². The summed E-state index contributed by atoms with van der Waals surface area (Å²) in [5, 5.41) is 0. The van der Waals surface area contributed by atoms with Gasteiger partial charge in [0.05, 0.1) is 0 Å². The lowest BCUT2D eigenvalue weighted by atomic mass is 10.1. The number of rotatable bonds is 4. The summed E-state index contributed by atoms with van der Waals surface area (Å²) in [6, 6.07) is 14.2. The summed E-state index contributed by atoms with van der Waals surface area (Å²) < 4.78 is 5.62. The topological polar surface area (TPSA) is 32.8 Å². The molecule has 132 valence electrons. The quantitative estimate of drug-likeness (QED) is 0.857. The fourth-order valence-electron chi connectivity index (χ4n) is 3.35. The third-order valence-corrected chi connectivity index (χ3v) is 4.77. The molecule has 0 unspecified atom stereocenters. The van der Waals surface area contributed by atoms with Crippen LogP contribution in [0.15, 0.2) is 42.5 Å². The van der Waals surface area contributed by atoms with Crippen molar-refractivity contribution >= 4 is 11.6 Å². The molecule has 0 N–H and O–H groups in total. The predicted octanol–water partition coefficient (Wildman–Crippen LogP) is 3.34. The molecule has 2 aromatic carbocycles. The van der Waals surface area contributed by atoms with Crippen LogP contribution in [-0.2, 0) is 4.79 Å². The third-order valence-electron chi connectivity index (χ3n) is 4.77. The molecular weight excluding hydrogens is 312 g/mol. The highest BCUT2D eigenvalue weighted by Gasteiger charge is 2.23. The smallest absolute Gasteiger partial charge is 0.260 e. The van der Waals surface area contributed by atoms with E-state index in [9.17, 15) is 4.79 Å². The zero-order chi connectivity index (χ0) is 17.8. The second kappa shape index (κ2) is 7.60. The van der Waals surface area contributed by atoms with Crippen molar-refractivity contribution < 1.29 is 9.53 Å². The summed E-state index contributed by atoms with van der Waals surface area (Å²) in [7, 11) is 0. The van der Waals surface area contributed by atoms with Crippen LogP contribution >= 0.6 is 0 Å². The van der Waals surface area contributed by atoms with E-state index in [0.29, 0.717) is 0 Å². The van der Waals surface area contributed by atoms with E-state index in [1.165, 1.54) is 22.4 Å². The van der Waals surface area contributed by atoms with Gasteiger partial charge in [-0.3, -0.25) is 4.79 Å². The van der Waals surface area contributed by atoms with Crippen molar-refractivity contribution in [2.75, 3.05) is 37.7 Å². The molecule has 3 rings (SSSR count). The van der Waals surface area contributed by atoms with E-state index in [0.717, 1.165) is 31.9 Å². The molecule has 1 aliphatic rings. The monoisotopic (exact) mass is 338 g/mol. The van der Waals surface area contributed by atoms with Gasteiger partial charge < -0.3 is 14.5 Å². The first-order valence-corrected chi connectivity index (χ1v) is 8.83. The molecule has 0 radical (unpaired) electrons. The Bertz CT molecular complexity index is 712. The number of hydrogen-bond acceptors (Lipinski definition) is 3. The van der Waals surface area contributed by atoms with Gasteiger partial charge >= 0.3 is 0 Å². The first-order valence-electron chi connectivity index (χ1n) is 8.83. The minimum absolute atomic E-state index is 0.0572. The van der Waals surface area contributed by atoms with Crippen LogP contribution < -0.4 is 9.64 Å². The molecule has 0 spiro atoms. The van der Waals surface area contributed by atoms with Crippen molar-refractivity contribution in [1.29, 1.82) is 0 Å². The molecule has 1 aliphatic heterocycles. The number of nitrogens with zero attached hydrogens (tertiary/aromatic N) is 2. The minimum Gasteiger partial charge on any atom is -0.484 e. The molecule has 25 heavy (non-hydrogen) atoms. The average Bonchev–Trinajstić information content (AvgIpc) is 2.61. The summed E-state index contributed by atoms with van der Waals surface area (Å²) in [5.41, 5.74) is 5.08. The van der Waals surface area contributed by atoms with Crippen molar-refractivity contribution in [3.8, 4) is 5.75 Å². The van der Waals surface area contributed by atoms with E-state index in [-0.39, 0.29) is 12.5 Å². The fraction of sp³-hybridized carbons (Fsp3) is 0.381. The number of amides is 1. The summed E-state index contributed by atoms with van der Waals surface area (Å²) in [5.74, 6) is 0.801. The molecule has 4 heteroatoms. The lowest BCUT2D eigenvalue weighted by molar-refractivity contribution is -0.133. The lowest BCUT2D eigenvalue weighted by Gasteiger charge is -2.37. The number of para-hydroxylation sites is 1. The van der Waals surface area contributed by atoms with Crippen LogP contribution in [-0.4, -0.2) is 43.6 Å². The molecule has 1 amide bonds. The summed E-state index contributed by atoms with van der Waals surface area (Å²) >= 11 is 0. The molecule has 1 saturated heterocycles. The molecule has 0 atom stereocenters. The molecule has 0 aromatic heterocycles. The second-order valence-electron chi connectivity index (χ2n) is 6.71. The maximum atomic E-state index is 12.4.